The number of amides is 1. The smallest absolute Gasteiger partial charge is 0.407 e. The summed E-state index contributed by atoms with van der Waals surface area (Å²) in [6.07, 6.45) is 1.87. The highest BCUT2D eigenvalue weighted by Gasteiger charge is 2.27. The number of nitrogens with zero attached hydrogens (tertiary/aromatic N) is 1. The van der Waals surface area contributed by atoms with Gasteiger partial charge in [0.15, 0.2) is 0 Å². The SMILES string of the molecule is CC.CC(C)(C)OC(=O)NCCC1CCN1Cc1ccccc1. The second-order valence-corrected chi connectivity index (χ2v) is 6.62. The maximum absolute atomic E-state index is 11.6. The van der Waals surface area contributed by atoms with Crippen molar-refractivity contribution in [3.05, 3.63) is 35.9 Å². The first kappa shape index (κ1) is 19.5. The van der Waals surface area contributed by atoms with E-state index in [-0.39, 0.29) is 6.09 Å². The second-order valence-electron chi connectivity index (χ2n) is 6.62. The predicted molar refractivity (Wildman–Crippen MR) is 95.5 cm³/mol. The van der Waals surface area contributed by atoms with Crippen molar-refractivity contribution in [2.75, 3.05) is 13.1 Å². The number of rotatable bonds is 5. The van der Waals surface area contributed by atoms with E-state index in [9.17, 15) is 4.79 Å². The third kappa shape index (κ3) is 7.51. The molecule has 1 aliphatic rings. The van der Waals surface area contributed by atoms with Crippen LogP contribution < -0.4 is 5.32 Å². The van der Waals surface area contributed by atoms with Crippen molar-refractivity contribution in [3.8, 4) is 0 Å². The highest BCUT2D eigenvalue weighted by Crippen LogP contribution is 2.22. The number of ether oxygens (including phenoxy) is 1. The molecule has 2 rings (SSSR count). The topological polar surface area (TPSA) is 41.6 Å². The van der Waals surface area contributed by atoms with Crippen LogP contribution in [0.25, 0.3) is 0 Å². The summed E-state index contributed by atoms with van der Waals surface area (Å²) in [5.74, 6) is 0. The summed E-state index contributed by atoms with van der Waals surface area (Å²) >= 11 is 0. The number of likely N-dealkylation sites (tertiary alicyclic amines) is 1. The summed E-state index contributed by atoms with van der Waals surface area (Å²) in [5.41, 5.74) is 0.919. The summed E-state index contributed by atoms with van der Waals surface area (Å²) in [7, 11) is 0. The van der Waals surface area contributed by atoms with Gasteiger partial charge in [-0.2, -0.15) is 0 Å². The van der Waals surface area contributed by atoms with E-state index in [1.165, 1.54) is 12.0 Å². The fourth-order valence-corrected chi connectivity index (χ4v) is 2.50. The van der Waals surface area contributed by atoms with Crippen LogP contribution in [0.2, 0.25) is 0 Å². The zero-order chi connectivity index (χ0) is 17.3. The predicted octanol–water partition coefficient (Wildman–Crippen LogP) is 4.20. The van der Waals surface area contributed by atoms with E-state index in [1.54, 1.807) is 0 Å². The first-order valence-electron chi connectivity index (χ1n) is 8.69. The van der Waals surface area contributed by atoms with Gasteiger partial charge in [-0.05, 0) is 39.2 Å². The van der Waals surface area contributed by atoms with Gasteiger partial charge >= 0.3 is 6.09 Å². The highest BCUT2D eigenvalue weighted by molar-refractivity contribution is 5.67. The molecule has 0 spiro atoms. The molecule has 23 heavy (non-hydrogen) atoms. The Balaban J connectivity index is 0.00000127. The lowest BCUT2D eigenvalue weighted by Crippen LogP contribution is -2.48. The molecule has 1 heterocycles. The van der Waals surface area contributed by atoms with Crippen LogP contribution in [0.1, 0.15) is 53.0 Å². The molecule has 1 amide bonds. The lowest BCUT2D eigenvalue weighted by molar-refractivity contribution is 0.0490. The molecule has 1 N–H and O–H groups in total. The Morgan fingerprint density at radius 3 is 2.43 bits per heavy atom. The van der Waals surface area contributed by atoms with Gasteiger partial charge in [-0.3, -0.25) is 4.90 Å². The van der Waals surface area contributed by atoms with Crippen molar-refractivity contribution < 1.29 is 9.53 Å². The summed E-state index contributed by atoms with van der Waals surface area (Å²) < 4.78 is 5.23. The molecule has 0 bridgehead atoms. The molecule has 130 valence electrons. The van der Waals surface area contributed by atoms with Gasteiger partial charge < -0.3 is 10.1 Å². The van der Waals surface area contributed by atoms with Gasteiger partial charge in [0.2, 0.25) is 0 Å². The largest absolute Gasteiger partial charge is 0.444 e. The van der Waals surface area contributed by atoms with Crippen LogP contribution in [-0.4, -0.2) is 35.7 Å². The van der Waals surface area contributed by atoms with Crippen LogP contribution in [-0.2, 0) is 11.3 Å². The van der Waals surface area contributed by atoms with Crippen LogP contribution in [0.15, 0.2) is 30.3 Å². The van der Waals surface area contributed by atoms with Gasteiger partial charge in [0.25, 0.3) is 0 Å². The van der Waals surface area contributed by atoms with E-state index < -0.39 is 5.60 Å². The molecule has 0 aliphatic carbocycles. The number of benzene rings is 1. The summed E-state index contributed by atoms with van der Waals surface area (Å²) in [6, 6.07) is 11.1. The Morgan fingerprint density at radius 1 is 1.26 bits per heavy atom. The molecule has 1 saturated heterocycles. The zero-order valence-corrected chi connectivity index (χ0v) is 15.3. The molecule has 0 saturated carbocycles. The molecule has 0 aromatic heterocycles. The lowest BCUT2D eigenvalue weighted by atomic mass is 9.98. The van der Waals surface area contributed by atoms with Crippen LogP contribution in [0.4, 0.5) is 4.79 Å². The quantitative estimate of drug-likeness (QED) is 0.884. The van der Waals surface area contributed by atoms with Gasteiger partial charge in [-0.25, -0.2) is 4.79 Å². The van der Waals surface area contributed by atoms with Gasteiger partial charge in [-0.15, -0.1) is 0 Å². The Kier molecular flexibility index (Phi) is 8.10. The standard InChI is InChI=1S/C17H26N2O2.C2H6/c1-17(2,3)21-16(20)18-11-9-15-10-12-19(15)13-14-7-5-4-6-8-14;1-2/h4-8,15H,9-13H2,1-3H3,(H,18,20);1-2H3. The fraction of sp³-hybridized carbons (Fsp3) is 0.632. The normalized spacial score (nSPS) is 17.5. The van der Waals surface area contributed by atoms with Crippen molar-refractivity contribution in [2.24, 2.45) is 0 Å². The van der Waals surface area contributed by atoms with Crippen molar-refractivity contribution in [1.29, 1.82) is 0 Å². The minimum atomic E-state index is -0.431. The molecule has 1 fully saturated rings. The molecule has 1 aromatic rings. The molecule has 1 unspecified atom stereocenters. The van der Waals surface area contributed by atoms with Crippen molar-refractivity contribution in [3.63, 3.8) is 0 Å². The molecular formula is C19H32N2O2. The van der Waals surface area contributed by atoms with Gasteiger partial charge in [0.1, 0.15) is 5.60 Å². The van der Waals surface area contributed by atoms with Crippen LogP contribution in [0.3, 0.4) is 0 Å². The van der Waals surface area contributed by atoms with E-state index in [1.807, 2.05) is 40.7 Å². The minimum absolute atomic E-state index is 0.323. The van der Waals surface area contributed by atoms with Crippen LogP contribution in [0.5, 0.6) is 0 Å². The molecule has 0 radical (unpaired) electrons. The maximum Gasteiger partial charge on any atom is 0.407 e. The highest BCUT2D eigenvalue weighted by atomic mass is 16.6. The molecule has 4 nitrogen and oxygen atoms in total. The second kappa shape index (κ2) is 9.56. The van der Waals surface area contributed by atoms with E-state index in [4.69, 9.17) is 4.74 Å². The summed E-state index contributed by atoms with van der Waals surface area (Å²) in [5, 5.41) is 2.83. The van der Waals surface area contributed by atoms with Gasteiger partial charge in [0.05, 0.1) is 0 Å². The maximum atomic E-state index is 11.6. The first-order valence-corrected chi connectivity index (χ1v) is 8.69. The molecule has 4 heteroatoms. The molecule has 1 aromatic carbocycles. The van der Waals surface area contributed by atoms with Gasteiger partial charge in [0, 0.05) is 25.7 Å². The Hall–Kier alpha value is -1.55. The van der Waals surface area contributed by atoms with Crippen molar-refractivity contribution in [1.82, 2.24) is 10.2 Å². The van der Waals surface area contributed by atoms with E-state index in [0.29, 0.717) is 12.6 Å². The average molecular weight is 320 g/mol. The molecule has 1 atom stereocenters. The minimum Gasteiger partial charge on any atom is -0.444 e. The lowest BCUT2D eigenvalue weighted by Gasteiger charge is -2.41. The molecule has 1 aliphatic heterocycles. The number of nitrogens with one attached hydrogen (secondary N) is 1. The van der Waals surface area contributed by atoms with Crippen molar-refractivity contribution >= 4 is 6.09 Å². The Bertz CT molecular complexity index is 454. The van der Waals surface area contributed by atoms with E-state index in [2.05, 4.69) is 34.5 Å². The Morgan fingerprint density at radius 2 is 1.91 bits per heavy atom. The molecular weight excluding hydrogens is 288 g/mol. The van der Waals surface area contributed by atoms with Crippen LogP contribution in [0, 0.1) is 0 Å². The van der Waals surface area contributed by atoms with Crippen LogP contribution >= 0.6 is 0 Å². The zero-order valence-electron chi connectivity index (χ0n) is 15.3. The first-order chi connectivity index (χ1) is 10.9. The van der Waals surface area contributed by atoms with E-state index in [0.717, 1.165) is 19.5 Å². The summed E-state index contributed by atoms with van der Waals surface area (Å²) in [6.45, 7) is 12.4. The monoisotopic (exact) mass is 320 g/mol. The number of carbonyl (C=O) groups excluding carboxylic acids is 1. The number of hydrogen-bond donors (Lipinski definition) is 1. The summed E-state index contributed by atoms with van der Waals surface area (Å²) in [4.78, 5) is 14.0. The number of carbonyl (C=O) groups is 1. The third-order valence-corrected chi connectivity index (χ3v) is 3.64. The number of alkyl carbamates (subject to hydrolysis) is 1. The van der Waals surface area contributed by atoms with E-state index >= 15 is 0 Å². The number of hydrogen-bond acceptors (Lipinski definition) is 3. The van der Waals surface area contributed by atoms with Gasteiger partial charge in [-0.1, -0.05) is 44.2 Å². The average Bonchev–Trinajstić information content (AvgIpc) is 2.49. The third-order valence-electron chi connectivity index (χ3n) is 3.64. The Labute approximate surface area is 141 Å². The van der Waals surface area contributed by atoms with Crippen molar-refractivity contribution in [2.45, 2.75) is 65.6 Å². The fourth-order valence-electron chi connectivity index (χ4n) is 2.50.